The molecule has 2 aliphatic rings. The molecule has 0 saturated heterocycles. The fourth-order valence-corrected chi connectivity index (χ4v) is 3.30. The number of nitrogens with one attached hydrogen (secondary N) is 1. The van der Waals surface area contributed by atoms with E-state index in [1.54, 1.807) is 6.07 Å². The Morgan fingerprint density at radius 1 is 1.04 bits per heavy atom. The van der Waals surface area contributed by atoms with Crippen molar-refractivity contribution in [1.82, 2.24) is 9.97 Å². The van der Waals surface area contributed by atoms with Gasteiger partial charge in [0.25, 0.3) is 5.79 Å². The lowest BCUT2D eigenvalue weighted by Gasteiger charge is -2.31. The lowest BCUT2D eigenvalue weighted by atomic mass is 9.94. The molecule has 0 atom stereocenters. The first-order valence-electron chi connectivity index (χ1n) is 7.71. The number of nitrogens with zero attached hydrogens (tertiary/aromatic N) is 2. The molecule has 1 spiro atoms. The second-order valence-corrected chi connectivity index (χ2v) is 6.28. The quantitative estimate of drug-likeness (QED) is 0.812. The molecule has 0 amide bonds. The predicted molar refractivity (Wildman–Crippen MR) is 88.3 cm³/mol. The molecule has 1 aliphatic carbocycles. The molecule has 0 radical (unpaired) electrons. The van der Waals surface area contributed by atoms with Crippen LogP contribution in [0.1, 0.15) is 32.1 Å². The zero-order chi connectivity index (χ0) is 15.9. The molecule has 23 heavy (non-hydrogen) atoms. The smallest absolute Gasteiger partial charge is 0.251 e. The van der Waals surface area contributed by atoms with Crippen molar-refractivity contribution in [2.45, 2.75) is 37.9 Å². The van der Waals surface area contributed by atoms with Gasteiger partial charge in [-0.25, -0.2) is 4.98 Å². The number of aromatic nitrogens is 2. The molecule has 120 valence electrons. The topological polar surface area (TPSA) is 82.3 Å². The van der Waals surface area contributed by atoms with Crippen molar-refractivity contribution in [3.05, 3.63) is 29.4 Å². The van der Waals surface area contributed by atoms with Gasteiger partial charge in [0.05, 0.1) is 0 Å². The van der Waals surface area contributed by atoms with E-state index in [9.17, 15) is 0 Å². The van der Waals surface area contributed by atoms with E-state index < -0.39 is 5.79 Å². The van der Waals surface area contributed by atoms with Gasteiger partial charge in [0.1, 0.15) is 11.0 Å². The lowest BCUT2D eigenvalue weighted by molar-refractivity contribution is -0.105. The molecule has 2 aromatic rings. The third kappa shape index (κ3) is 2.86. The molecular weight excluding hydrogens is 316 g/mol. The van der Waals surface area contributed by atoms with Crippen LogP contribution in [-0.2, 0) is 0 Å². The Bertz CT molecular complexity index is 727. The van der Waals surface area contributed by atoms with Gasteiger partial charge in [-0.05, 0) is 25.0 Å². The highest BCUT2D eigenvalue weighted by Gasteiger charge is 2.42. The first-order valence-corrected chi connectivity index (χ1v) is 8.09. The maximum absolute atomic E-state index is 6.12. The SMILES string of the molecule is Nc1nc(Cl)cc(Nc2ccc3c(c2)OC2(CCCCC2)O3)n1. The fraction of sp³-hybridized carbons (Fsp3) is 0.375. The van der Waals surface area contributed by atoms with Crippen LogP contribution in [0.2, 0.25) is 5.15 Å². The van der Waals surface area contributed by atoms with Gasteiger partial charge in [-0.15, -0.1) is 0 Å². The molecule has 7 heteroatoms. The summed E-state index contributed by atoms with van der Waals surface area (Å²) in [5.74, 6) is 1.74. The number of hydrogen-bond donors (Lipinski definition) is 2. The third-order valence-corrected chi connectivity index (χ3v) is 4.33. The molecule has 1 saturated carbocycles. The molecule has 4 rings (SSSR count). The van der Waals surface area contributed by atoms with E-state index in [1.165, 1.54) is 6.42 Å². The summed E-state index contributed by atoms with van der Waals surface area (Å²) in [4.78, 5) is 7.94. The Morgan fingerprint density at radius 2 is 1.83 bits per heavy atom. The Hall–Kier alpha value is -2.21. The molecule has 0 bridgehead atoms. The molecule has 3 N–H and O–H groups in total. The van der Waals surface area contributed by atoms with Crippen LogP contribution < -0.4 is 20.5 Å². The number of hydrogen-bond acceptors (Lipinski definition) is 6. The van der Waals surface area contributed by atoms with Crippen LogP contribution in [0.5, 0.6) is 11.5 Å². The molecule has 1 aromatic carbocycles. The lowest BCUT2D eigenvalue weighted by Crippen LogP contribution is -2.40. The first kappa shape index (κ1) is 14.4. The average Bonchev–Trinajstić information content (AvgIpc) is 2.83. The number of halogens is 1. The summed E-state index contributed by atoms with van der Waals surface area (Å²) < 4.78 is 12.2. The molecule has 1 aromatic heterocycles. The highest BCUT2D eigenvalue weighted by atomic mass is 35.5. The summed E-state index contributed by atoms with van der Waals surface area (Å²) >= 11 is 5.89. The van der Waals surface area contributed by atoms with Crippen molar-refractivity contribution in [3.63, 3.8) is 0 Å². The number of nitrogen functional groups attached to an aromatic ring is 1. The zero-order valence-corrected chi connectivity index (χ0v) is 13.3. The molecule has 6 nitrogen and oxygen atoms in total. The van der Waals surface area contributed by atoms with Crippen molar-refractivity contribution in [3.8, 4) is 11.5 Å². The van der Waals surface area contributed by atoms with Gasteiger partial charge in [-0.2, -0.15) is 4.98 Å². The van der Waals surface area contributed by atoms with Crippen LogP contribution in [0.3, 0.4) is 0 Å². The second-order valence-electron chi connectivity index (χ2n) is 5.90. The van der Waals surface area contributed by atoms with Gasteiger partial charge in [0, 0.05) is 30.7 Å². The summed E-state index contributed by atoms with van der Waals surface area (Å²) in [6.07, 6.45) is 5.38. The third-order valence-electron chi connectivity index (χ3n) is 4.14. The summed E-state index contributed by atoms with van der Waals surface area (Å²) in [6, 6.07) is 7.35. The van der Waals surface area contributed by atoms with Gasteiger partial charge in [0.2, 0.25) is 5.95 Å². The summed E-state index contributed by atoms with van der Waals surface area (Å²) in [7, 11) is 0. The van der Waals surface area contributed by atoms with E-state index in [2.05, 4.69) is 15.3 Å². The van der Waals surface area contributed by atoms with E-state index in [0.717, 1.165) is 42.9 Å². The first-order chi connectivity index (χ1) is 11.1. The Morgan fingerprint density at radius 3 is 2.61 bits per heavy atom. The Labute approximate surface area is 139 Å². The van der Waals surface area contributed by atoms with Crippen LogP contribution in [0.15, 0.2) is 24.3 Å². The average molecular weight is 333 g/mol. The molecule has 2 heterocycles. The minimum Gasteiger partial charge on any atom is -0.448 e. The number of rotatable bonds is 2. The van der Waals surface area contributed by atoms with Crippen LogP contribution in [-0.4, -0.2) is 15.8 Å². The van der Waals surface area contributed by atoms with E-state index in [-0.39, 0.29) is 5.95 Å². The van der Waals surface area contributed by atoms with Crippen molar-refractivity contribution >= 4 is 29.1 Å². The van der Waals surface area contributed by atoms with Crippen LogP contribution >= 0.6 is 11.6 Å². The van der Waals surface area contributed by atoms with Gasteiger partial charge in [0.15, 0.2) is 11.5 Å². The minimum atomic E-state index is -0.470. The second kappa shape index (κ2) is 5.45. The molecule has 1 aliphatic heterocycles. The number of benzene rings is 1. The van der Waals surface area contributed by atoms with E-state index in [1.807, 2.05) is 18.2 Å². The van der Waals surface area contributed by atoms with E-state index >= 15 is 0 Å². The zero-order valence-electron chi connectivity index (χ0n) is 12.5. The number of anilines is 3. The van der Waals surface area contributed by atoms with Crippen molar-refractivity contribution in [2.24, 2.45) is 0 Å². The summed E-state index contributed by atoms with van der Waals surface area (Å²) in [5.41, 5.74) is 6.43. The van der Waals surface area contributed by atoms with Crippen LogP contribution in [0, 0.1) is 0 Å². The number of nitrogens with two attached hydrogens (primary N) is 1. The molecular formula is C16H17ClN4O2. The predicted octanol–water partition coefficient (Wildman–Crippen LogP) is 3.89. The fourth-order valence-electron chi connectivity index (χ4n) is 3.11. The number of ether oxygens (including phenoxy) is 2. The van der Waals surface area contributed by atoms with Gasteiger partial charge >= 0.3 is 0 Å². The van der Waals surface area contributed by atoms with Crippen LogP contribution in [0.4, 0.5) is 17.5 Å². The highest BCUT2D eigenvalue weighted by Crippen LogP contribution is 2.46. The normalized spacial score (nSPS) is 18.1. The van der Waals surface area contributed by atoms with Gasteiger partial charge < -0.3 is 20.5 Å². The maximum Gasteiger partial charge on any atom is 0.251 e. The molecule has 1 fully saturated rings. The van der Waals surface area contributed by atoms with Crippen molar-refractivity contribution in [2.75, 3.05) is 11.1 Å². The van der Waals surface area contributed by atoms with Crippen molar-refractivity contribution in [1.29, 1.82) is 0 Å². The Balaban J connectivity index is 1.56. The maximum atomic E-state index is 6.12. The van der Waals surface area contributed by atoms with Gasteiger partial charge in [-0.1, -0.05) is 18.0 Å². The van der Waals surface area contributed by atoms with Crippen molar-refractivity contribution < 1.29 is 9.47 Å². The van der Waals surface area contributed by atoms with E-state index in [0.29, 0.717) is 11.0 Å². The van der Waals surface area contributed by atoms with Gasteiger partial charge in [-0.3, -0.25) is 0 Å². The summed E-state index contributed by atoms with van der Waals surface area (Å²) in [5, 5.41) is 3.45. The number of fused-ring (bicyclic) bond motifs is 1. The monoisotopic (exact) mass is 332 g/mol. The minimum absolute atomic E-state index is 0.127. The van der Waals surface area contributed by atoms with E-state index in [4.69, 9.17) is 26.8 Å². The van der Waals surface area contributed by atoms with Crippen LogP contribution in [0.25, 0.3) is 0 Å². The Kier molecular flexibility index (Phi) is 3.41. The standard InChI is InChI=1S/C16H17ClN4O2/c17-13-9-14(21-15(18)20-13)19-10-4-5-11-12(8-10)23-16(22-11)6-2-1-3-7-16/h4-5,8-9H,1-3,6-7H2,(H3,18,19,20,21). The largest absolute Gasteiger partial charge is 0.448 e. The summed E-state index contributed by atoms with van der Waals surface area (Å²) in [6.45, 7) is 0. The highest BCUT2D eigenvalue weighted by molar-refractivity contribution is 6.29. The molecule has 0 unspecified atom stereocenters.